The summed E-state index contributed by atoms with van der Waals surface area (Å²) in [4.78, 5) is 12.5. The van der Waals surface area contributed by atoms with Crippen molar-refractivity contribution in [1.82, 2.24) is 15.0 Å². The van der Waals surface area contributed by atoms with E-state index in [1.165, 1.54) is 6.33 Å². The summed E-state index contributed by atoms with van der Waals surface area (Å²) in [5.74, 6) is 1.57. The van der Waals surface area contributed by atoms with Crippen LogP contribution in [0.5, 0.6) is 0 Å². The Kier molecular flexibility index (Phi) is 4.27. The van der Waals surface area contributed by atoms with Crippen molar-refractivity contribution >= 4 is 38.9 Å². The zero-order valence-electron chi connectivity index (χ0n) is 9.27. The lowest BCUT2D eigenvalue weighted by atomic mass is 10.3. The minimum Gasteiger partial charge on any atom is -0.372 e. The minimum absolute atomic E-state index is 0.774. The standard InChI is InChI=1S/C10H12BrN5S/c1-12-9-8(11)10(15-5-14-9)13-3-2-7-4-17-6-16-7/h4-6H,2-3H2,1H3,(H2,12,13,14,15). The molecular formula is C10H12BrN5S. The van der Waals surface area contributed by atoms with Crippen LogP contribution in [0.1, 0.15) is 5.69 Å². The number of thiazole rings is 1. The average Bonchev–Trinajstić information content (AvgIpc) is 2.84. The van der Waals surface area contributed by atoms with E-state index in [4.69, 9.17) is 0 Å². The summed E-state index contributed by atoms with van der Waals surface area (Å²) in [5, 5.41) is 8.29. The van der Waals surface area contributed by atoms with Crippen molar-refractivity contribution in [3.63, 3.8) is 0 Å². The molecule has 2 aromatic rings. The molecule has 0 aromatic carbocycles. The molecule has 0 aliphatic carbocycles. The molecule has 0 saturated carbocycles. The summed E-state index contributed by atoms with van der Waals surface area (Å²) in [6.45, 7) is 0.794. The summed E-state index contributed by atoms with van der Waals surface area (Å²) in [6.07, 6.45) is 2.41. The van der Waals surface area contributed by atoms with Crippen molar-refractivity contribution in [2.45, 2.75) is 6.42 Å². The van der Waals surface area contributed by atoms with E-state index in [0.717, 1.165) is 34.8 Å². The van der Waals surface area contributed by atoms with E-state index in [-0.39, 0.29) is 0 Å². The number of aromatic nitrogens is 3. The van der Waals surface area contributed by atoms with Gasteiger partial charge in [-0.25, -0.2) is 15.0 Å². The second-order valence-electron chi connectivity index (χ2n) is 3.29. The maximum absolute atomic E-state index is 4.23. The van der Waals surface area contributed by atoms with Crippen molar-refractivity contribution in [1.29, 1.82) is 0 Å². The van der Waals surface area contributed by atoms with E-state index < -0.39 is 0 Å². The van der Waals surface area contributed by atoms with Gasteiger partial charge in [0.15, 0.2) is 0 Å². The highest BCUT2D eigenvalue weighted by Crippen LogP contribution is 2.25. The largest absolute Gasteiger partial charge is 0.372 e. The zero-order valence-corrected chi connectivity index (χ0v) is 11.7. The molecule has 5 nitrogen and oxygen atoms in total. The molecular weight excluding hydrogens is 302 g/mol. The monoisotopic (exact) mass is 313 g/mol. The second-order valence-corrected chi connectivity index (χ2v) is 4.80. The van der Waals surface area contributed by atoms with E-state index in [2.05, 4.69) is 46.9 Å². The van der Waals surface area contributed by atoms with Crippen molar-refractivity contribution in [2.24, 2.45) is 0 Å². The number of anilines is 2. The molecule has 0 radical (unpaired) electrons. The third kappa shape index (κ3) is 3.13. The minimum atomic E-state index is 0.774. The third-order valence-corrected chi connectivity index (χ3v) is 3.57. The van der Waals surface area contributed by atoms with Gasteiger partial charge in [0.25, 0.3) is 0 Å². The lowest BCUT2D eigenvalue weighted by Crippen LogP contribution is -2.08. The molecule has 0 aliphatic heterocycles. The molecule has 2 N–H and O–H groups in total. The van der Waals surface area contributed by atoms with Crippen LogP contribution in [0.25, 0.3) is 0 Å². The fourth-order valence-electron chi connectivity index (χ4n) is 1.34. The molecule has 2 rings (SSSR count). The van der Waals surface area contributed by atoms with Gasteiger partial charge in [-0.3, -0.25) is 0 Å². The number of nitrogens with one attached hydrogen (secondary N) is 2. The van der Waals surface area contributed by atoms with Gasteiger partial charge in [-0.05, 0) is 15.9 Å². The predicted octanol–water partition coefficient (Wildman–Crippen LogP) is 2.39. The number of hydrogen-bond donors (Lipinski definition) is 2. The lowest BCUT2D eigenvalue weighted by Gasteiger charge is -2.09. The molecule has 0 unspecified atom stereocenters. The molecule has 90 valence electrons. The van der Waals surface area contributed by atoms with Crippen LogP contribution in [0.15, 0.2) is 21.7 Å². The van der Waals surface area contributed by atoms with Gasteiger partial charge in [-0.1, -0.05) is 0 Å². The molecule has 7 heteroatoms. The molecule has 2 heterocycles. The number of halogens is 1. The van der Waals surface area contributed by atoms with Crippen LogP contribution in [0.4, 0.5) is 11.6 Å². The van der Waals surface area contributed by atoms with Crippen LogP contribution in [0.3, 0.4) is 0 Å². The van der Waals surface area contributed by atoms with Gasteiger partial charge >= 0.3 is 0 Å². The lowest BCUT2D eigenvalue weighted by molar-refractivity contribution is 0.962. The predicted molar refractivity (Wildman–Crippen MR) is 73.6 cm³/mol. The molecule has 0 atom stereocenters. The van der Waals surface area contributed by atoms with Crippen LogP contribution < -0.4 is 10.6 Å². The number of hydrogen-bond acceptors (Lipinski definition) is 6. The third-order valence-electron chi connectivity index (χ3n) is 2.18. The summed E-state index contributed by atoms with van der Waals surface area (Å²) in [5.41, 5.74) is 2.94. The first kappa shape index (κ1) is 12.3. The summed E-state index contributed by atoms with van der Waals surface area (Å²) in [6, 6.07) is 0. The first-order valence-corrected chi connectivity index (χ1v) is 6.84. The SMILES string of the molecule is CNc1ncnc(NCCc2cscn2)c1Br. The Morgan fingerprint density at radius 3 is 2.82 bits per heavy atom. The van der Waals surface area contributed by atoms with E-state index in [1.807, 2.05) is 12.6 Å². The maximum atomic E-state index is 4.23. The topological polar surface area (TPSA) is 62.7 Å². The first-order valence-electron chi connectivity index (χ1n) is 5.10. The van der Waals surface area contributed by atoms with Gasteiger partial charge < -0.3 is 10.6 Å². The fraction of sp³-hybridized carbons (Fsp3) is 0.300. The molecule has 0 bridgehead atoms. The van der Waals surface area contributed by atoms with Crippen LogP contribution >= 0.6 is 27.3 Å². The highest BCUT2D eigenvalue weighted by atomic mass is 79.9. The molecule has 0 saturated heterocycles. The van der Waals surface area contributed by atoms with Crippen LogP contribution in [-0.4, -0.2) is 28.5 Å². The van der Waals surface area contributed by atoms with Gasteiger partial charge in [0, 0.05) is 25.4 Å². The maximum Gasteiger partial charge on any atom is 0.145 e. The Morgan fingerprint density at radius 2 is 2.12 bits per heavy atom. The molecule has 2 aromatic heterocycles. The van der Waals surface area contributed by atoms with Crippen LogP contribution in [0.2, 0.25) is 0 Å². The Balaban J connectivity index is 1.95. The quantitative estimate of drug-likeness (QED) is 0.887. The van der Waals surface area contributed by atoms with Gasteiger partial charge in [-0.2, -0.15) is 0 Å². The van der Waals surface area contributed by atoms with E-state index in [1.54, 1.807) is 11.3 Å². The second kappa shape index (κ2) is 5.92. The van der Waals surface area contributed by atoms with Gasteiger partial charge in [0.05, 0.1) is 11.2 Å². The van der Waals surface area contributed by atoms with Gasteiger partial charge in [0.2, 0.25) is 0 Å². The van der Waals surface area contributed by atoms with Crippen molar-refractivity contribution in [3.8, 4) is 0 Å². The van der Waals surface area contributed by atoms with E-state index >= 15 is 0 Å². The summed E-state index contributed by atoms with van der Waals surface area (Å²) < 4.78 is 0.848. The van der Waals surface area contributed by atoms with Crippen LogP contribution in [-0.2, 0) is 6.42 Å². The average molecular weight is 314 g/mol. The van der Waals surface area contributed by atoms with Gasteiger partial charge in [0.1, 0.15) is 22.4 Å². The number of nitrogens with zero attached hydrogens (tertiary/aromatic N) is 3. The van der Waals surface area contributed by atoms with E-state index in [9.17, 15) is 0 Å². The Hall–Kier alpha value is -1.21. The Labute approximate surface area is 112 Å². The van der Waals surface area contributed by atoms with Crippen molar-refractivity contribution < 1.29 is 0 Å². The highest BCUT2D eigenvalue weighted by Gasteiger charge is 2.06. The van der Waals surface area contributed by atoms with Crippen molar-refractivity contribution in [3.05, 3.63) is 27.4 Å². The zero-order chi connectivity index (χ0) is 12.1. The summed E-state index contributed by atoms with van der Waals surface area (Å²) in [7, 11) is 1.83. The molecule has 0 aliphatic rings. The normalized spacial score (nSPS) is 10.2. The Morgan fingerprint density at radius 1 is 1.29 bits per heavy atom. The van der Waals surface area contributed by atoms with Gasteiger partial charge in [-0.15, -0.1) is 11.3 Å². The molecule has 0 amide bonds. The van der Waals surface area contributed by atoms with Crippen LogP contribution in [0, 0.1) is 0 Å². The first-order chi connectivity index (χ1) is 8.31. The number of rotatable bonds is 5. The highest BCUT2D eigenvalue weighted by molar-refractivity contribution is 9.10. The molecule has 0 fully saturated rings. The molecule has 17 heavy (non-hydrogen) atoms. The Bertz CT molecular complexity index is 474. The summed E-state index contributed by atoms with van der Waals surface area (Å²) >= 11 is 5.07. The van der Waals surface area contributed by atoms with E-state index in [0.29, 0.717) is 0 Å². The fourth-order valence-corrected chi connectivity index (χ4v) is 2.47. The smallest absolute Gasteiger partial charge is 0.145 e. The van der Waals surface area contributed by atoms with Crippen molar-refractivity contribution in [2.75, 3.05) is 24.2 Å². The molecule has 0 spiro atoms.